The van der Waals surface area contributed by atoms with Gasteiger partial charge in [-0.3, -0.25) is 34.0 Å². The topological polar surface area (TPSA) is 214 Å². The van der Waals surface area contributed by atoms with Crippen LogP contribution >= 0.6 is 11.8 Å². The molecule has 4 heterocycles. The third kappa shape index (κ3) is 5.28. The number of ether oxygens (including phenoxy) is 1. The highest BCUT2D eigenvalue weighted by atomic mass is 32.2. The number of aliphatic carboxylic acids is 1. The summed E-state index contributed by atoms with van der Waals surface area (Å²) in [6.45, 7) is 0.900. The normalized spacial score (nSPS) is 18.5. The maximum absolute atomic E-state index is 13.6. The number of carbonyl (C=O) groups excluding carboxylic acids is 4. The third-order valence-electron chi connectivity index (χ3n) is 6.62. The number of hydrogen-bond donors (Lipinski definition) is 5. The SMILES string of the molecule is CC(=O)OCC1=C(C(=O)O)N2C(=O)[C@@H](NC(=O)C(NC(=O)c3cnc4cccnc4c3O)c3cccc(N)c3)[C@H]2SC1. The largest absolute Gasteiger partial charge is 0.505 e. The Morgan fingerprint density at radius 1 is 1.21 bits per heavy atom. The number of nitrogens with zero attached hydrogens (tertiary/aromatic N) is 3. The van der Waals surface area contributed by atoms with Gasteiger partial charge in [-0.25, -0.2) is 4.79 Å². The molecule has 5 rings (SSSR count). The van der Waals surface area contributed by atoms with Gasteiger partial charge in [0.15, 0.2) is 5.75 Å². The molecule has 0 aliphatic carbocycles. The standard InChI is InChI=1S/C27H24N6O8S/c1-12(34)41-10-14-11-42-26-20(25(38)33(26)21(14)27(39)40)32-24(37)18(13-4-2-5-15(28)8-13)31-23(36)16-9-30-17-6-3-7-29-19(17)22(16)35/h2-9,18,20,26H,10-11,28H2,1H3,(H,30,35)(H,31,36)(H,32,37)(H,39,40)/t18?,20-,26-/m1/s1. The molecule has 15 heteroatoms. The van der Waals surface area contributed by atoms with Gasteiger partial charge in [0.2, 0.25) is 5.91 Å². The van der Waals surface area contributed by atoms with Gasteiger partial charge in [-0.2, -0.15) is 0 Å². The number of hydrogen-bond acceptors (Lipinski definition) is 11. The number of thioether (sulfide) groups is 1. The van der Waals surface area contributed by atoms with E-state index in [1.54, 1.807) is 30.3 Å². The van der Waals surface area contributed by atoms with Gasteiger partial charge in [0, 0.05) is 36.3 Å². The van der Waals surface area contributed by atoms with Crippen LogP contribution in [0.4, 0.5) is 5.69 Å². The number of fused-ring (bicyclic) bond motifs is 2. The van der Waals surface area contributed by atoms with Crippen LogP contribution in [0, 0.1) is 0 Å². The number of carboxylic acids is 1. The van der Waals surface area contributed by atoms with Crippen molar-refractivity contribution in [3.63, 3.8) is 0 Å². The van der Waals surface area contributed by atoms with E-state index in [0.29, 0.717) is 16.8 Å². The molecule has 1 saturated heterocycles. The van der Waals surface area contributed by atoms with E-state index in [2.05, 4.69) is 20.6 Å². The summed E-state index contributed by atoms with van der Waals surface area (Å²) in [6, 6.07) is 6.97. The monoisotopic (exact) mass is 592 g/mol. The van der Waals surface area contributed by atoms with Crippen molar-refractivity contribution in [2.24, 2.45) is 0 Å². The molecule has 6 N–H and O–H groups in total. The fourth-order valence-electron chi connectivity index (χ4n) is 4.64. The predicted molar refractivity (Wildman–Crippen MR) is 149 cm³/mol. The Morgan fingerprint density at radius 3 is 2.71 bits per heavy atom. The zero-order valence-electron chi connectivity index (χ0n) is 21.9. The van der Waals surface area contributed by atoms with Crippen LogP contribution in [0.2, 0.25) is 0 Å². The maximum atomic E-state index is 13.6. The van der Waals surface area contributed by atoms with Crippen LogP contribution in [0.1, 0.15) is 28.9 Å². The van der Waals surface area contributed by atoms with Gasteiger partial charge in [-0.15, -0.1) is 11.8 Å². The first-order valence-electron chi connectivity index (χ1n) is 12.5. The average molecular weight is 593 g/mol. The average Bonchev–Trinajstić information content (AvgIpc) is 2.96. The number of nitrogen functional groups attached to an aromatic ring is 1. The maximum Gasteiger partial charge on any atom is 0.352 e. The molecule has 3 atom stereocenters. The number of aromatic nitrogens is 2. The summed E-state index contributed by atoms with van der Waals surface area (Å²) in [7, 11) is 0. The van der Waals surface area contributed by atoms with Crippen molar-refractivity contribution in [2.45, 2.75) is 24.4 Å². The Labute approximate surface area is 241 Å². The molecule has 1 unspecified atom stereocenters. The summed E-state index contributed by atoms with van der Waals surface area (Å²) in [5, 5.41) is 24.9. The predicted octanol–water partition coefficient (Wildman–Crippen LogP) is 0.690. The molecule has 216 valence electrons. The molecule has 0 radical (unpaired) electrons. The number of β-lactam (4-membered cyclic amide) rings is 1. The summed E-state index contributed by atoms with van der Waals surface area (Å²) in [5.41, 5.74) is 6.70. The molecule has 42 heavy (non-hydrogen) atoms. The molecule has 14 nitrogen and oxygen atoms in total. The van der Waals surface area contributed by atoms with E-state index in [-0.39, 0.29) is 34.7 Å². The molecule has 2 aliphatic rings. The second-order valence-corrected chi connectivity index (χ2v) is 10.5. The summed E-state index contributed by atoms with van der Waals surface area (Å²) in [6.07, 6.45) is 2.59. The fourth-order valence-corrected chi connectivity index (χ4v) is 5.97. The lowest BCUT2D eigenvalue weighted by Crippen LogP contribution is -2.71. The molecular formula is C27H24N6O8S. The fraction of sp³-hybridized carbons (Fsp3) is 0.222. The lowest BCUT2D eigenvalue weighted by molar-refractivity contribution is -0.151. The number of carboxylic acid groups (broad SMARTS) is 1. The number of nitrogens with one attached hydrogen (secondary N) is 2. The van der Waals surface area contributed by atoms with Gasteiger partial charge in [0.05, 0.1) is 5.52 Å². The molecular weight excluding hydrogens is 568 g/mol. The van der Waals surface area contributed by atoms with Gasteiger partial charge in [-0.05, 0) is 29.8 Å². The van der Waals surface area contributed by atoms with E-state index in [4.69, 9.17) is 10.5 Å². The summed E-state index contributed by atoms with van der Waals surface area (Å²) in [5.74, 6) is -4.54. The van der Waals surface area contributed by atoms with E-state index in [9.17, 15) is 34.2 Å². The number of anilines is 1. The quantitative estimate of drug-likeness (QED) is 0.139. The van der Waals surface area contributed by atoms with Crippen molar-refractivity contribution in [3.8, 4) is 5.75 Å². The van der Waals surface area contributed by atoms with Crippen LogP contribution in [-0.4, -0.2) is 78.5 Å². The number of esters is 1. The smallest absolute Gasteiger partial charge is 0.352 e. The lowest BCUT2D eigenvalue weighted by atomic mass is 10.0. The Balaban J connectivity index is 1.39. The lowest BCUT2D eigenvalue weighted by Gasteiger charge is -2.49. The van der Waals surface area contributed by atoms with Crippen LogP contribution in [0.5, 0.6) is 5.75 Å². The molecule has 3 amide bonds. The van der Waals surface area contributed by atoms with Gasteiger partial charge in [-0.1, -0.05) is 12.1 Å². The molecule has 0 spiro atoms. The van der Waals surface area contributed by atoms with Crippen molar-refractivity contribution < 1.29 is 38.9 Å². The minimum atomic E-state index is -1.37. The minimum absolute atomic E-state index is 0.0972. The van der Waals surface area contributed by atoms with Crippen LogP contribution in [0.3, 0.4) is 0 Å². The first kappa shape index (κ1) is 28.4. The molecule has 1 aromatic carbocycles. The van der Waals surface area contributed by atoms with Crippen LogP contribution < -0.4 is 16.4 Å². The summed E-state index contributed by atoms with van der Waals surface area (Å²) < 4.78 is 4.93. The first-order chi connectivity index (χ1) is 20.1. The summed E-state index contributed by atoms with van der Waals surface area (Å²) >= 11 is 1.19. The first-order valence-corrected chi connectivity index (χ1v) is 13.5. The minimum Gasteiger partial charge on any atom is -0.505 e. The Kier molecular flexibility index (Phi) is 7.67. The van der Waals surface area contributed by atoms with Crippen LogP contribution in [-0.2, 0) is 23.9 Å². The highest BCUT2D eigenvalue weighted by Crippen LogP contribution is 2.40. The van der Waals surface area contributed by atoms with Crippen LogP contribution in [0.15, 0.2) is 60.1 Å². The van der Waals surface area contributed by atoms with E-state index < -0.39 is 52.9 Å². The third-order valence-corrected chi connectivity index (χ3v) is 7.96. The summed E-state index contributed by atoms with van der Waals surface area (Å²) in [4.78, 5) is 72.4. The molecule has 0 bridgehead atoms. The number of amides is 3. The van der Waals surface area contributed by atoms with Gasteiger partial charge >= 0.3 is 11.9 Å². The Hall–Kier alpha value is -5.18. The van der Waals surface area contributed by atoms with Crippen molar-refractivity contribution in [3.05, 3.63) is 71.2 Å². The number of nitrogens with two attached hydrogens (primary N) is 1. The van der Waals surface area contributed by atoms with Crippen molar-refractivity contribution in [1.29, 1.82) is 0 Å². The van der Waals surface area contributed by atoms with Crippen LogP contribution in [0.25, 0.3) is 11.0 Å². The number of benzene rings is 1. The molecule has 3 aromatic rings. The van der Waals surface area contributed by atoms with E-state index in [1.165, 1.54) is 30.9 Å². The van der Waals surface area contributed by atoms with Gasteiger partial charge in [0.25, 0.3) is 11.8 Å². The zero-order chi connectivity index (χ0) is 30.1. The number of carbonyl (C=O) groups is 5. The van der Waals surface area contributed by atoms with Crippen molar-refractivity contribution in [2.75, 3.05) is 18.1 Å². The highest BCUT2D eigenvalue weighted by molar-refractivity contribution is 8.00. The second-order valence-electron chi connectivity index (χ2n) is 9.40. The van der Waals surface area contributed by atoms with E-state index in [0.717, 1.165) is 11.1 Å². The number of rotatable bonds is 8. The van der Waals surface area contributed by atoms with E-state index >= 15 is 0 Å². The Morgan fingerprint density at radius 2 is 2.00 bits per heavy atom. The van der Waals surface area contributed by atoms with Gasteiger partial charge in [0.1, 0.15) is 40.8 Å². The second kappa shape index (κ2) is 11.4. The number of pyridine rings is 2. The Bertz CT molecular complexity index is 1680. The van der Waals surface area contributed by atoms with Crippen molar-refractivity contribution >= 4 is 58.1 Å². The molecule has 2 aliphatic heterocycles. The van der Waals surface area contributed by atoms with E-state index in [1.807, 2.05) is 0 Å². The zero-order valence-corrected chi connectivity index (χ0v) is 22.8. The highest BCUT2D eigenvalue weighted by Gasteiger charge is 2.54. The number of aromatic hydroxyl groups is 1. The molecule has 2 aromatic heterocycles. The molecule has 1 fully saturated rings. The molecule has 0 saturated carbocycles. The van der Waals surface area contributed by atoms with Gasteiger partial charge < -0.3 is 31.3 Å². The van der Waals surface area contributed by atoms with Crippen molar-refractivity contribution in [1.82, 2.24) is 25.5 Å².